The van der Waals surface area contributed by atoms with Crippen LogP contribution in [0.1, 0.15) is 6.92 Å². The van der Waals surface area contributed by atoms with Gasteiger partial charge in [-0.25, -0.2) is 0 Å². The third-order valence-electron chi connectivity index (χ3n) is 1.19. The lowest BCUT2D eigenvalue weighted by Crippen LogP contribution is -1.91. The van der Waals surface area contributed by atoms with E-state index < -0.39 is 0 Å². The van der Waals surface area contributed by atoms with Crippen LogP contribution in [0.4, 0.5) is 0 Å². The summed E-state index contributed by atoms with van der Waals surface area (Å²) in [6.07, 6.45) is 5.31. The summed E-state index contributed by atoms with van der Waals surface area (Å²) in [5.74, 6) is 1.33. The molecule has 2 nitrogen and oxygen atoms in total. The molecule has 0 aliphatic rings. The van der Waals surface area contributed by atoms with E-state index in [-0.39, 0.29) is 0 Å². The summed E-state index contributed by atoms with van der Waals surface area (Å²) in [5.41, 5.74) is 0. The maximum Gasteiger partial charge on any atom is 0.160 e. The number of methoxy groups -OCH3 is 2. The SMILES string of the molecule is C=C/C(OC)=C(\C=C/C)OC. The first-order valence-corrected chi connectivity index (χ1v) is 3.37. The second-order valence-corrected chi connectivity index (χ2v) is 1.84. The van der Waals surface area contributed by atoms with Crippen molar-refractivity contribution in [3.8, 4) is 0 Å². The van der Waals surface area contributed by atoms with Crippen molar-refractivity contribution in [3.05, 3.63) is 36.3 Å². The summed E-state index contributed by atoms with van der Waals surface area (Å²) in [6.45, 7) is 5.50. The zero-order valence-corrected chi connectivity index (χ0v) is 7.26. The van der Waals surface area contributed by atoms with Gasteiger partial charge in [0.25, 0.3) is 0 Å². The second kappa shape index (κ2) is 5.59. The predicted molar refractivity (Wildman–Crippen MR) is 46.1 cm³/mol. The highest BCUT2D eigenvalue weighted by Crippen LogP contribution is 2.08. The Bertz CT molecular complexity index is 178. The Hall–Kier alpha value is -1.18. The fourth-order valence-electron chi connectivity index (χ4n) is 0.687. The van der Waals surface area contributed by atoms with Gasteiger partial charge in [-0.3, -0.25) is 0 Å². The molecule has 0 amide bonds. The van der Waals surface area contributed by atoms with E-state index in [1.165, 1.54) is 0 Å². The highest BCUT2D eigenvalue weighted by Gasteiger charge is 1.97. The minimum absolute atomic E-state index is 0.644. The molecule has 0 saturated carbocycles. The van der Waals surface area contributed by atoms with Gasteiger partial charge in [0.1, 0.15) is 0 Å². The summed E-state index contributed by atoms with van der Waals surface area (Å²) in [5, 5.41) is 0. The predicted octanol–water partition coefficient (Wildman–Crippen LogP) is 2.25. The van der Waals surface area contributed by atoms with Crippen molar-refractivity contribution in [2.45, 2.75) is 6.92 Å². The van der Waals surface area contributed by atoms with E-state index in [2.05, 4.69) is 6.58 Å². The molecule has 0 unspecified atom stereocenters. The maximum atomic E-state index is 5.03. The molecule has 0 aromatic carbocycles. The summed E-state index contributed by atoms with van der Waals surface area (Å²) in [4.78, 5) is 0. The third-order valence-corrected chi connectivity index (χ3v) is 1.19. The van der Waals surface area contributed by atoms with E-state index in [0.717, 1.165) is 0 Å². The van der Waals surface area contributed by atoms with Crippen LogP contribution in [-0.4, -0.2) is 14.2 Å². The highest BCUT2D eigenvalue weighted by molar-refractivity contribution is 5.22. The Kier molecular flexibility index (Phi) is 4.99. The lowest BCUT2D eigenvalue weighted by molar-refractivity contribution is 0.242. The van der Waals surface area contributed by atoms with Crippen LogP contribution in [0.5, 0.6) is 0 Å². The second-order valence-electron chi connectivity index (χ2n) is 1.84. The molecule has 62 valence electrons. The Labute approximate surface area is 67.8 Å². The molecule has 0 radical (unpaired) electrons. The first kappa shape index (κ1) is 9.82. The normalized spacial score (nSPS) is 12.6. The third kappa shape index (κ3) is 2.94. The van der Waals surface area contributed by atoms with Gasteiger partial charge in [-0.1, -0.05) is 12.7 Å². The van der Waals surface area contributed by atoms with Gasteiger partial charge >= 0.3 is 0 Å². The van der Waals surface area contributed by atoms with Crippen LogP contribution < -0.4 is 0 Å². The topological polar surface area (TPSA) is 18.5 Å². The smallest absolute Gasteiger partial charge is 0.160 e. The van der Waals surface area contributed by atoms with Gasteiger partial charge in [0.05, 0.1) is 14.2 Å². The van der Waals surface area contributed by atoms with Crippen LogP contribution in [0.2, 0.25) is 0 Å². The molecule has 0 bridgehead atoms. The van der Waals surface area contributed by atoms with Gasteiger partial charge in [0.2, 0.25) is 0 Å². The van der Waals surface area contributed by atoms with Crippen LogP contribution in [0.25, 0.3) is 0 Å². The fraction of sp³-hybridized carbons (Fsp3) is 0.333. The first-order valence-electron chi connectivity index (χ1n) is 3.37. The van der Waals surface area contributed by atoms with E-state index in [9.17, 15) is 0 Å². The minimum Gasteiger partial charge on any atom is -0.493 e. The minimum atomic E-state index is 0.644. The van der Waals surface area contributed by atoms with Crippen molar-refractivity contribution in [1.29, 1.82) is 0 Å². The molecule has 0 heterocycles. The summed E-state index contributed by atoms with van der Waals surface area (Å²) in [6, 6.07) is 0. The van der Waals surface area contributed by atoms with Crippen LogP contribution in [-0.2, 0) is 9.47 Å². The Morgan fingerprint density at radius 3 is 2.00 bits per heavy atom. The highest BCUT2D eigenvalue weighted by atomic mass is 16.5. The van der Waals surface area contributed by atoms with Gasteiger partial charge in [-0.2, -0.15) is 0 Å². The number of hydrogen-bond donors (Lipinski definition) is 0. The van der Waals surface area contributed by atoms with Crippen molar-refractivity contribution in [3.63, 3.8) is 0 Å². The van der Waals surface area contributed by atoms with Crippen molar-refractivity contribution in [2.75, 3.05) is 14.2 Å². The van der Waals surface area contributed by atoms with Crippen molar-refractivity contribution < 1.29 is 9.47 Å². The molecule has 0 aliphatic heterocycles. The lowest BCUT2D eigenvalue weighted by Gasteiger charge is -2.05. The van der Waals surface area contributed by atoms with E-state index in [4.69, 9.17) is 9.47 Å². The summed E-state index contributed by atoms with van der Waals surface area (Å²) >= 11 is 0. The Morgan fingerprint density at radius 1 is 1.18 bits per heavy atom. The molecule has 11 heavy (non-hydrogen) atoms. The average Bonchev–Trinajstić information content (AvgIpc) is 2.05. The molecule has 0 saturated heterocycles. The number of rotatable bonds is 4. The molecule has 0 spiro atoms. The molecular weight excluding hydrogens is 140 g/mol. The summed E-state index contributed by atoms with van der Waals surface area (Å²) in [7, 11) is 3.18. The van der Waals surface area contributed by atoms with Gasteiger partial charge in [0, 0.05) is 0 Å². The molecule has 2 heteroatoms. The van der Waals surface area contributed by atoms with Crippen LogP contribution in [0.3, 0.4) is 0 Å². The van der Waals surface area contributed by atoms with E-state index in [1.54, 1.807) is 20.3 Å². The van der Waals surface area contributed by atoms with Gasteiger partial charge in [0.15, 0.2) is 11.5 Å². The zero-order chi connectivity index (χ0) is 8.69. The Morgan fingerprint density at radius 2 is 1.73 bits per heavy atom. The molecule has 0 rings (SSSR count). The van der Waals surface area contributed by atoms with Gasteiger partial charge < -0.3 is 9.47 Å². The molecular formula is C9H14O2. The zero-order valence-electron chi connectivity index (χ0n) is 7.26. The quantitative estimate of drug-likeness (QED) is 0.456. The molecule has 0 aromatic rings. The standard InChI is InChI=1S/C9H14O2/c1-5-7-9(11-4)8(6-2)10-3/h5-7H,2H2,1,3-4H3/b7-5-,9-8-. The lowest BCUT2D eigenvalue weighted by atomic mass is 10.3. The van der Waals surface area contributed by atoms with E-state index in [0.29, 0.717) is 11.5 Å². The van der Waals surface area contributed by atoms with Gasteiger partial charge in [-0.05, 0) is 19.1 Å². The van der Waals surface area contributed by atoms with Crippen molar-refractivity contribution >= 4 is 0 Å². The molecule has 0 aliphatic carbocycles. The molecule has 0 N–H and O–H groups in total. The van der Waals surface area contributed by atoms with E-state index >= 15 is 0 Å². The number of allylic oxidation sites excluding steroid dienone is 3. The summed E-state index contributed by atoms with van der Waals surface area (Å²) < 4.78 is 10.0. The first-order chi connectivity index (χ1) is 5.29. The molecule has 0 atom stereocenters. The van der Waals surface area contributed by atoms with Crippen molar-refractivity contribution in [2.24, 2.45) is 0 Å². The molecule has 0 aromatic heterocycles. The van der Waals surface area contributed by atoms with Crippen molar-refractivity contribution in [1.82, 2.24) is 0 Å². The van der Waals surface area contributed by atoms with Crippen LogP contribution in [0, 0.1) is 0 Å². The number of ether oxygens (including phenoxy) is 2. The van der Waals surface area contributed by atoms with Gasteiger partial charge in [-0.15, -0.1) is 0 Å². The average molecular weight is 154 g/mol. The number of hydrogen-bond acceptors (Lipinski definition) is 2. The fourth-order valence-corrected chi connectivity index (χ4v) is 0.687. The van der Waals surface area contributed by atoms with E-state index in [1.807, 2.05) is 19.1 Å². The van der Waals surface area contributed by atoms with Crippen LogP contribution in [0.15, 0.2) is 36.3 Å². The van der Waals surface area contributed by atoms with Crippen LogP contribution >= 0.6 is 0 Å². The largest absolute Gasteiger partial charge is 0.493 e. The Balaban J connectivity index is 4.61. The molecule has 0 fully saturated rings. The maximum absolute atomic E-state index is 5.03. The monoisotopic (exact) mass is 154 g/mol.